The van der Waals surface area contributed by atoms with Crippen LogP contribution >= 0.6 is 36.2 Å². The van der Waals surface area contributed by atoms with Gasteiger partial charge in [-0.2, -0.15) is 0 Å². The van der Waals surface area contributed by atoms with E-state index in [0.717, 1.165) is 39.0 Å². The van der Waals surface area contributed by atoms with Crippen molar-refractivity contribution in [1.29, 1.82) is 0 Å². The summed E-state index contributed by atoms with van der Waals surface area (Å²) in [4.78, 5) is 17.1. The Morgan fingerprint density at radius 1 is 1.23 bits per heavy atom. The molecule has 1 aromatic rings. The summed E-state index contributed by atoms with van der Waals surface area (Å²) in [5, 5.41) is 3.40. The molecule has 0 bridgehead atoms. The summed E-state index contributed by atoms with van der Waals surface area (Å²) in [6.45, 7) is 8.02. The molecule has 0 aromatic carbocycles. The number of nitrogens with zero attached hydrogens (tertiary/aromatic N) is 2. The van der Waals surface area contributed by atoms with Crippen LogP contribution in [0.3, 0.4) is 0 Å². The maximum Gasteiger partial charge on any atom is 0.230 e. The van der Waals surface area contributed by atoms with Crippen LogP contribution in [-0.2, 0) is 4.79 Å². The second kappa shape index (κ2) is 9.60. The van der Waals surface area contributed by atoms with Crippen LogP contribution in [0.25, 0.3) is 0 Å². The predicted octanol–water partition coefficient (Wildman–Crippen LogP) is 3.01. The Kier molecular flexibility index (Phi) is 9.39. The lowest BCUT2D eigenvalue weighted by molar-refractivity contribution is -0.142. The molecule has 4 nitrogen and oxygen atoms in total. The first kappa shape index (κ1) is 21.5. The molecule has 128 valence electrons. The minimum absolute atomic E-state index is 0. The Morgan fingerprint density at radius 2 is 1.82 bits per heavy atom. The van der Waals surface area contributed by atoms with E-state index in [1.54, 1.807) is 11.3 Å². The molecule has 22 heavy (non-hydrogen) atoms. The quantitative estimate of drug-likeness (QED) is 0.869. The van der Waals surface area contributed by atoms with Gasteiger partial charge in [-0.15, -0.1) is 36.2 Å². The highest BCUT2D eigenvalue weighted by Gasteiger charge is 2.37. The van der Waals surface area contributed by atoms with E-state index in [0.29, 0.717) is 6.54 Å². The number of hydrogen-bond donors (Lipinski definition) is 1. The molecule has 1 aliphatic heterocycles. The second-order valence-electron chi connectivity index (χ2n) is 5.42. The van der Waals surface area contributed by atoms with Crippen molar-refractivity contribution in [2.45, 2.75) is 26.7 Å². The molecule has 1 fully saturated rings. The zero-order valence-corrected chi connectivity index (χ0v) is 15.7. The van der Waals surface area contributed by atoms with Gasteiger partial charge in [-0.1, -0.05) is 13.8 Å². The molecule has 1 aliphatic rings. The first-order valence-corrected chi connectivity index (χ1v) is 8.32. The van der Waals surface area contributed by atoms with Crippen molar-refractivity contribution in [3.05, 3.63) is 17.5 Å². The number of thiophene rings is 1. The van der Waals surface area contributed by atoms with Crippen LogP contribution in [0.5, 0.6) is 0 Å². The molecule has 0 unspecified atom stereocenters. The molecular formula is C15H27Cl2N3OS. The highest BCUT2D eigenvalue weighted by atomic mass is 35.5. The zero-order chi connectivity index (χ0) is 14.6. The monoisotopic (exact) mass is 367 g/mol. The maximum atomic E-state index is 12.7. The Bertz CT molecular complexity index is 422. The number of carbonyl (C=O) groups is 1. The van der Waals surface area contributed by atoms with Gasteiger partial charge < -0.3 is 15.5 Å². The number of hydrogen-bond acceptors (Lipinski definition) is 4. The van der Waals surface area contributed by atoms with E-state index in [1.165, 1.54) is 5.00 Å². The van der Waals surface area contributed by atoms with Gasteiger partial charge in [0.15, 0.2) is 0 Å². The molecule has 7 heteroatoms. The minimum Gasteiger partial charge on any atom is -0.360 e. The van der Waals surface area contributed by atoms with Crippen molar-refractivity contribution in [3.8, 4) is 0 Å². The van der Waals surface area contributed by atoms with Gasteiger partial charge in [-0.05, 0) is 30.4 Å². The van der Waals surface area contributed by atoms with Crippen LogP contribution in [0.2, 0.25) is 0 Å². The lowest BCUT2D eigenvalue weighted by Crippen LogP contribution is -2.54. The molecule has 0 spiro atoms. The molecule has 1 aromatic heterocycles. The number of rotatable bonds is 5. The van der Waals surface area contributed by atoms with Gasteiger partial charge in [-0.25, -0.2) is 0 Å². The van der Waals surface area contributed by atoms with Crippen LogP contribution in [0.1, 0.15) is 26.7 Å². The van der Waals surface area contributed by atoms with E-state index in [4.69, 9.17) is 5.73 Å². The third-order valence-electron chi connectivity index (χ3n) is 4.58. The summed E-state index contributed by atoms with van der Waals surface area (Å²) >= 11 is 1.76. The lowest BCUT2D eigenvalue weighted by atomic mass is 9.81. The number of nitrogens with two attached hydrogens (primary N) is 1. The predicted molar refractivity (Wildman–Crippen MR) is 99.7 cm³/mol. The summed E-state index contributed by atoms with van der Waals surface area (Å²) in [6.07, 6.45) is 1.65. The van der Waals surface area contributed by atoms with E-state index >= 15 is 0 Å². The van der Waals surface area contributed by atoms with Crippen LogP contribution < -0.4 is 10.6 Å². The van der Waals surface area contributed by atoms with E-state index < -0.39 is 0 Å². The fraction of sp³-hybridized carbons (Fsp3) is 0.667. The van der Waals surface area contributed by atoms with Gasteiger partial charge in [0, 0.05) is 32.7 Å². The third kappa shape index (κ3) is 4.28. The molecule has 0 atom stereocenters. The van der Waals surface area contributed by atoms with Crippen LogP contribution in [0.4, 0.5) is 5.00 Å². The number of piperazine rings is 1. The number of halogens is 2. The standard InChI is InChI=1S/C15H25N3OS.2ClH/c1-3-15(4-2,12-16)14(19)18-9-7-17(8-10-18)13-6-5-11-20-13;;/h5-6,11H,3-4,7-10,12,16H2,1-2H3;2*1H. The third-order valence-corrected chi connectivity index (χ3v) is 5.51. The van der Waals surface area contributed by atoms with Crippen LogP contribution in [0, 0.1) is 5.41 Å². The van der Waals surface area contributed by atoms with Crippen molar-refractivity contribution in [1.82, 2.24) is 4.90 Å². The van der Waals surface area contributed by atoms with Crippen molar-refractivity contribution in [2.75, 3.05) is 37.6 Å². The van der Waals surface area contributed by atoms with Crippen LogP contribution in [-0.4, -0.2) is 43.5 Å². The Balaban J connectivity index is 0.00000220. The Morgan fingerprint density at radius 3 is 2.23 bits per heavy atom. The summed E-state index contributed by atoms with van der Waals surface area (Å²) < 4.78 is 0. The Hall–Kier alpha value is -0.490. The van der Waals surface area contributed by atoms with Crippen molar-refractivity contribution in [3.63, 3.8) is 0 Å². The largest absolute Gasteiger partial charge is 0.360 e. The van der Waals surface area contributed by atoms with Crippen molar-refractivity contribution >= 4 is 47.1 Å². The normalized spacial score (nSPS) is 15.0. The zero-order valence-electron chi connectivity index (χ0n) is 13.3. The summed E-state index contributed by atoms with van der Waals surface area (Å²) in [7, 11) is 0. The van der Waals surface area contributed by atoms with Gasteiger partial charge in [0.1, 0.15) is 0 Å². The van der Waals surface area contributed by atoms with E-state index in [-0.39, 0.29) is 36.1 Å². The fourth-order valence-electron chi connectivity index (χ4n) is 2.84. The van der Waals surface area contributed by atoms with Gasteiger partial charge in [0.05, 0.1) is 10.4 Å². The molecule has 1 amide bonds. The summed E-state index contributed by atoms with van der Waals surface area (Å²) in [5.74, 6) is 0.246. The molecule has 2 heterocycles. The lowest BCUT2D eigenvalue weighted by Gasteiger charge is -2.40. The summed E-state index contributed by atoms with van der Waals surface area (Å²) in [6, 6.07) is 4.22. The van der Waals surface area contributed by atoms with E-state index in [1.807, 2.05) is 4.90 Å². The first-order valence-electron chi connectivity index (χ1n) is 7.44. The van der Waals surface area contributed by atoms with E-state index in [9.17, 15) is 4.79 Å². The van der Waals surface area contributed by atoms with Gasteiger partial charge in [0.2, 0.25) is 5.91 Å². The highest BCUT2D eigenvalue weighted by molar-refractivity contribution is 7.14. The highest BCUT2D eigenvalue weighted by Crippen LogP contribution is 2.29. The van der Waals surface area contributed by atoms with E-state index in [2.05, 4.69) is 36.3 Å². The van der Waals surface area contributed by atoms with Crippen molar-refractivity contribution < 1.29 is 4.79 Å². The average molecular weight is 368 g/mol. The topological polar surface area (TPSA) is 49.6 Å². The molecule has 2 rings (SSSR count). The average Bonchev–Trinajstić information content (AvgIpc) is 3.04. The maximum absolute atomic E-state index is 12.7. The first-order chi connectivity index (χ1) is 9.66. The molecule has 0 radical (unpaired) electrons. The smallest absolute Gasteiger partial charge is 0.230 e. The molecular weight excluding hydrogens is 341 g/mol. The second-order valence-corrected chi connectivity index (χ2v) is 6.35. The number of anilines is 1. The van der Waals surface area contributed by atoms with Crippen LogP contribution in [0.15, 0.2) is 17.5 Å². The number of amides is 1. The summed E-state index contributed by atoms with van der Waals surface area (Å²) in [5.41, 5.74) is 5.53. The van der Waals surface area contributed by atoms with Gasteiger partial charge >= 0.3 is 0 Å². The van der Waals surface area contributed by atoms with Crippen molar-refractivity contribution in [2.24, 2.45) is 11.1 Å². The molecule has 0 aliphatic carbocycles. The molecule has 2 N–H and O–H groups in total. The SMILES string of the molecule is CCC(CC)(CN)C(=O)N1CCN(c2cccs2)CC1.Cl.Cl. The van der Waals surface area contributed by atoms with Gasteiger partial charge in [-0.3, -0.25) is 4.79 Å². The fourth-order valence-corrected chi connectivity index (χ4v) is 3.63. The Labute approximate surface area is 149 Å². The molecule has 0 saturated carbocycles. The number of carbonyl (C=O) groups excluding carboxylic acids is 1. The minimum atomic E-state index is -0.356. The van der Waals surface area contributed by atoms with Gasteiger partial charge in [0.25, 0.3) is 0 Å². The molecule has 1 saturated heterocycles.